The summed E-state index contributed by atoms with van der Waals surface area (Å²) in [4.78, 5) is 0. The van der Waals surface area contributed by atoms with Gasteiger partial charge >= 0.3 is 0 Å². The molecule has 1 heterocycles. The molecule has 1 aromatic heterocycles. The first-order chi connectivity index (χ1) is 9.11. The SMILES string of the molecule is COc1cc(-c2nnnn2C)ccc1OCC(C)C. The van der Waals surface area contributed by atoms with Gasteiger partial charge in [0.25, 0.3) is 0 Å². The first-order valence-electron chi connectivity index (χ1n) is 6.15. The molecule has 1 aromatic carbocycles. The van der Waals surface area contributed by atoms with Gasteiger partial charge in [-0.1, -0.05) is 13.8 Å². The zero-order valence-electron chi connectivity index (χ0n) is 11.6. The minimum atomic E-state index is 0.465. The van der Waals surface area contributed by atoms with Crippen LogP contribution in [-0.4, -0.2) is 33.9 Å². The van der Waals surface area contributed by atoms with Crippen molar-refractivity contribution in [2.45, 2.75) is 13.8 Å². The van der Waals surface area contributed by atoms with Gasteiger partial charge in [0.2, 0.25) is 0 Å². The summed E-state index contributed by atoms with van der Waals surface area (Å²) in [6, 6.07) is 5.68. The lowest BCUT2D eigenvalue weighted by Gasteiger charge is -2.13. The second-order valence-electron chi connectivity index (χ2n) is 4.70. The fourth-order valence-electron chi connectivity index (χ4n) is 1.66. The van der Waals surface area contributed by atoms with Crippen molar-refractivity contribution in [1.29, 1.82) is 0 Å². The van der Waals surface area contributed by atoms with Crippen LogP contribution < -0.4 is 9.47 Å². The predicted molar refractivity (Wildman–Crippen MR) is 71.1 cm³/mol. The summed E-state index contributed by atoms with van der Waals surface area (Å²) in [7, 11) is 3.42. The van der Waals surface area contributed by atoms with Crippen LogP contribution in [0.25, 0.3) is 11.4 Å². The van der Waals surface area contributed by atoms with Crippen molar-refractivity contribution in [3.8, 4) is 22.9 Å². The molecule has 0 bridgehead atoms. The van der Waals surface area contributed by atoms with E-state index in [2.05, 4.69) is 29.4 Å². The molecule has 0 fully saturated rings. The van der Waals surface area contributed by atoms with E-state index in [1.807, 2.05) is 18.2 Å². The van der Waals surface area contributed by atoms with Gasteiger partial charge in [0.15, 0.2) is 17.3 Å². The highest BCUT2D eigenvalue weighted by atomic mass is 16.5. The van der Waals surface area contributed by atoms with E-state index in [0.717, 1.165) is 11.3 Å². The Bertz CT molecular complexity index is 551. The van der Waals surface area contributed by atoms with Gasteiger partial charge in [-0.3, -0.25) is 0 Å². The number of hydrogen-bond donors (Lipinski definition) is 0. The Hall–Kier alpha value is -2.11. The van der Waals surface area contributed by atoms with Gasteiger partial charge in [0.05, 0.1) is 13.7 Å². The van der Waals surface area contributed by atoms with Crippen molar-refractivity contribution in [3.05, 3.63) is 18.2 Å². The molecule has 2 aromatic rings. The number of tetrazole rings is 1. The van der Waals surface area contributed by atoms with E-state index in [-0.39, 0.29) is 0 Å². The van der Waals surface area contributed by atoms with Gasteiger partial charge in [0.1, 0.15) is 0 Å². The Morgan fingerprint density at radius 3 is 2.63 bits per heavy atom. The van der Waals surface area contributed by atoms with E-state index >= 15 is 0 Å². The van der Waals surface area contributed by atoms with E-state index in [1.165, 1.54) is 0 Å². The maximum atomic E-state index is 5.71. The molecule has 6 heteroatoms. The average molecular weight is 262 g/mol. The zero-order chi connectivity index (χ0) is 13.8. The van der Waals surface area contributed by atoms with Gasteiger partial charge in [-0.15, -0.1) is 5.10 Å². The van der Waals surface area contributed by atoms with Crippen molar-refractivity contribution < 1.29 is 9.47 Å². The molecule has 0 aliphatic carbocycles. The zero-order valence-corrected chi connectivity index (χ0v) is 11.6. The number of hydrogen-bond acceptors (Lipinski definition) is 5. The van der Waals surface area contributed by atoms with Gasteiger partial charge in [0, 0.05) is 12.6 Å². The van der Waals surface area contributed by atoms with Crippen LogP contribution in [-0.2, 0) is 7.05 Å². The van der Waals surface area contributed by atoms with Crippen molar-refractivity contribution >= 4 is 0 Å². The van der Waals surface area contributed by atoms with Gasteiger partial charge in [-0.25, -0.2) is 4.68 Å². The standard InChI is InChI=1S/C13H18N4O2/c1-9(2)8-19-11-6-5-10(7-12(11)18-4)13-14-15-16-17(13)3/h5-7,9H,8H2,1-4H3. The van der Waals surface area contributed by atoms with Crippen LogP contribution in [0.5, 0.6) is 11.5 Å². The maximum Gasteiger partial charge on any atom is 0.181 e. The predicted octanol–water partition coefficient (Wildman–Crippen LogP) is 1.92. The molecule has 19 heavy (non-hydrogen) atoms. The lowest BCUT2D eigenvalue weighted by molar-refractivity contribution is 0.257. The summed E-state index contributed by atoms with van der Waals surface area (Å²) in [6.45, 7) is 4.86. The summed E-state index contributed by atoms with van der Waals surface area (Å²) in [6.07, 6.45) is 0. The summed E-state index contributed by atoms with van der Waals surface area (Å²) in [5, 5.41) is 11.4. The van der Waals surface area contributed by atoms with Crippen molar-refractivity contribution in [3.63, 3.8) is 0 Å². The van der Waals surface area contributed by atoms with Crippen LogP contribution in [0.1, 0.15) is 13.8 Å². The van der Waals surface area contributed by atoms with Gasteiger partial charge < -0.3 is 9.47 Å². The molecule has 0 amide bonds. The first kappa shape index (κ1) is 13.3. The number of nitrogens with zero attached hydrogens (tertiary/aromatic N) is 4. The second-order valence-corrected chi connectivity index (χ2v) is 4.70. The quantitative estimate of drug-likeness (QED) is 0.823. The molecule has 0 N–H and O–H groups in total. The molecule has 102 valence electrons. The number of benzene rings is 1. The molecule has 0 aliphatic rings. The smallest absolute Gasteiger partial charge is 0.181 e. The molecule has 6 nitrogen and oxygen atoms in total. The molecule has 0 saturated heterocycles. The third kappa shape index (κ3) is 3.01. The normalized spacial score (nSPS) is 10.8. The maximum absolute atomic E-state index is 5.71. The Morgan fingerprint density at radius 2 is 2.05 bits per heavy atom. The number of aromatic nitrogens is 4. The van der Waals surface area contributed by atoms with E-state index in [4.69, 9.17) is 9.47 Å². The van der Waals surface area contributed by atoms with Gasteiger partial charge in [-0.05, 0) is 34.5 Å². The highest BCUT2D eigenvalue weighted by Gasteiger charge is 2.11. The van der Waals surface area contributed by atoms with E-state index in [1.54, 1.807) is 18.8 Å². The fraction of sp³-hybridized carbons (Fsp3) is 0.462. The van der Waals surface area contributed by atoms with E-state index < -0.39 is 0 Å². The monoisotopic (exact) mass is 262 g/mol. The second kappa shape index (κ2) is 5.69. The molecular formula is C13H18N4O2. The topological polar surface area (TPSA) is 62.1 Å². The minimum Gasteiger partial charge on any atom is -0.493 e. The molecule has 0 radical (unpaired) electrons. The van der Waals surface area contributed by atoms with Crippen molar-refractivity contribution in [2.75, 3.05) is 13.7 Å². The van der Waals surface area contributed by atoms with Crippen LogP contribution >= 0.6 is 0 Å². The summed E-state index contributed by atoms with van der Waals surface area (Å²) in [5.41, 5.74) is 0.890. The number of rotatable bonds is 5. The number of aryl methyl sites for hydroxylation is 1. The van der Waals surface area contributed by atoms with Crippen LogP contribution in [0.2, 0.25) is 0 Å². The molecule has 2 rings (SSSR count). The molecular weight excluding hydrogens is 244 g/mol. The molecule has 0 spiro atoms. The third-order valence-corrected chi connectivity index (χ3v) is 2.61. The van der Waals surface area contributed by atoms with Gasteiger partial charge in [-0.2, -0.15) is 0 Å². The van der Waals surface area contributed by atoms with E-state index in [0.29, 0.717) is 24.1 Å². The summed E-state index contributed by atoms with van der Waals surface area (Å²) in [5.74, 6) is 2.57. The number of ether oxygens (including phenoxy) is 2. The Kier molecular flexibility index (Phi) is 3.99. The van der Waals surface area contributed by atoms with Crippen LogP contribution in [0.15, 0.2) is 18.2 Å². The molecule has 0 unspecified atom stereocenters. The fourth-order valence-corrected chi connectivity index (χ4v) is 1.66. The van der Waals surface area contributed by atoms with Crippen LogP contribution in [0.3, 0.4) is 0 Å². The third-order valence-electron chi connectivity index (χ3n) is 2.61. The van der Waals surface area contributed by atoms with Crippen molar-refractivity contribution in [2.24, 2.45) is 13.0 Å². The lowest BCUT2D eigenvalue weighted by atomic mass is 10.2. The first-order valence-corrected chi connectivity index (χ1v) is 6.15. The summed E-state index contributed by atoms with van der Waals surface area (Å²) < 4.78 is 12.7. The van der Waals surface area contributed by atoms with Crippen LogP contribution in [0.4, 0.5) is 0 Å². The lowest BCUT2D eigenvalue weighted by Crippen LogP contribution is -2.05. The largest absolute Gasteiger partial charge is 0.493 e. The molecule has 0 aliphatic heterocycles. The highest BCUT2D eigenvalue weighted by Crippen LogP contribution is 2.31. The molecule has 0 atom stereocenters. The number of methoxy groups -OCH3 is 1. The minimum absolute atomic E-state index is 0.465. The Labute approximate surface area is 112 Å². The highest BCUT2D eigenvalue weighted by molar-refractivity contribution is 5.60. The Balaban J connectivity index is 2.28. The van der Waals surface area contributed by atoms with Crippen molar-refractivity contribution in [1.82, 2.24) is 20.2 Å². The molecule has 0 saturated carbocycles. The summed E-state index contributed by atoms with van der Waals surface area (Å²) >= 11 is 0. The van der Waals surface area contributed by atoms with Crippen LogP contribution in [0, 0.1) is 5.92 Å². The Morgan fingerprint density at radius 1 is 1.26 bits per heavy atom. The van der Waals surface area contributed by atoms with E-state index in [9.17, 15) is 0 Å². The average Bonchev–Trinajstić information content (AvgIpc) is 2.82.